The summed E-state index contributed by atoms with van der Waals surface area (Å²) in [5.41, 5.74) is 1.00. The van der Waals surface area contributed by atoms with E-state index in [1.807, 2.05) is 0 Å². The maximum absolute atomic E-state index is 13.4. The summed E-state index contributed by atoms with van der Waals surface area (Å²) >= 11 is 0. The van der Waals surface area contributed by atoms with Gasteiger partial charge >= 0.3 is 6.08 Å². The minimum atomic E-state index is -0.765. The highest BCUT2D eigenvalue weighted by atomic mass is 19.1. The van der Waals surface area contributed by atoms with Gasteiger partial charge < -0.3 is 10.3 Å². The molecule has 6 heteroatoms. The van der Waals surface area contributed by atoms with E-state index in [0.29, 0.717) is 22.9 Å². The van der Waals surface area contributed by atoms with E-state index >= 15 is 0 Å². The molecule has 0 radical (unpaired) electrons. The third-order valence-corrected chi connectivity index (χ3v) is 3.15. The zero-order chi connectivity index (χ0) is 14.2. The Labute approximate surface area is 112 Å². The molecule has 0 saturated carbocycles. The quantitative estimate of drug-likeness (QED) is 0.837. The van der Waals surface area contributed by atoms with Crippen LogP contribution in [0.25, 0.3) is 11.2 Å². The van der Waals surface area contributed by atoms with Crippen LogP contribution >= 0.6 is 0 Å². The number of halogens is 1. The first kappa shape index (κ1) is 13.7. The van der Waals surface area contributed by atoms with Crippen LogP contribution in [0, 0.1) is 17.4 Å². The van der Waals surface area contributed by atoms with Gasteiger partial charge in [-0.15, -0.1) is 0 Å². The molecule has 0 aromatic carbocycles. The number of anilines is 1. The fourth-order valence-electron chi connectivity index (χ4n) is 2.44. The van der Waals surface area contributed by atoms with Gasteiger partial charge in [0, 0.05) is 6.04 Å². The molecule has 5 nitrogen and oxygen atoms in total. The highest BCUT2D eigenvalue weighted by Gasteiger charge is 2.28. The standard InChI is InChI=1S/C13H20FN5/c1-7(2)9(13(3,4)5)17-11-8-10(16-6-15-8)18-12(14)19-11/h6-7,9H,1-5H3,(H2,15,16,17,18,19). The summed E-state index contributed by atoms with van der Waals surface area (Å²) in [6, 6.07) is 0.160. The number of nitrogens with zero attached hydrogens (tertiary/aromatic N) is 3. The second-order valence-electron chi connectivity index (χ2n) is 6.17. The summed E-state index contributed by atoms with van der Waals surface area (Å²) in [4.78, 5) is 14.4. The van der Waals surface area contributed by atoms with Crippen LogP contribution in [-0.4, -0.2) is 26.0 Å². The first-order valence-electron chi connectivity index (χ1n) is 6.42. The number of aromatic amines is 1. The Bertz CT molecular complexity index is 570. The second kappa shape index (κ2) is 4.75. The van der Waals surface area contributed by atoms with Crippen LogP contribution in [0.15, 0.2) is 6.33 Å². The van der Waals surface area contributed by atoms with Crippen LogP contribution in [0.4, 0.5) is 10.2 Å². The van der Waals surface area contributed by atoms with Crippen molar-refractivity contribution in [1.82, 2.24) is 19.9 Å². The van der Waals surface area contributed by atoms with Crippen molar-refractivity contribution in [3.63, 3.8) is 0 Å². The molecule has 2 aromatic rings. The van der Waals surface area contributed by atoms with Gasteiger partial charge in [0.05, 0.1) is 6.33 Å². The number of H-pyrrole nitrogens is 1. The first-order valence-corrected chi connectivity index (χ1v) is 6.42. The summed E-state index contributed by atoms with van der Waals surface area (Å²) in [5.74, 6) is 0.852. The van der Waals surface area contributed by atoms with Crippen molar-refractivity contribution >= 4 is 17.0 Å². The molecule has 0 saturated heterocycles. The van der Waals surface area contributed by atoms with Crippen molar-refractivity contribution in [2.75, 3.05) is 5.32 Å². The third-order valence-electron chi connectivity index (χ3n) is 3.15. The summed E-state index contributed by atoms with van der Waals surface area (Å²) in [6.07, 6.45) is 0.726. The number of fused-ring (bicyclic) bond motifs is 1. The number of nitrogens with one attached hydrogen (secondary N) is 2. The Morgan fingerprint density at radius 3 is 2.53 bits per heavy atom. The molecule has 2 rings (SSSR count). The molecule has 19 heavy (non-hydrogen) atoms. The summed E-state index contributed by atoms with van der Waals surface area (Å²) in [6.45, 7) is 10.7. The van der Waals surface area contributed by atoms with Crippen molar-refractivity contribution in [3.05, 3.63) is 12.4 Å². The van der Waals surface area contributed by atoms with Crippen LogP contribution in [0.3, 0.4) is 0 Å². The largest absolute Gasteiger partial charge is 0.365 e. The summed E-state index contributed by atoms with van der Waals surface area (Å²) in [7, 11) is 0. The SMILES string of the molecule is CC(C)C(Nc1nc(F)nc2nc[nH]c12)C(C)(C)C. The maximum Gasteiger partial charge on any atom is 0.312 e. The molecular weight excluding hydrogens is 245 g/mol. The van der Waals surface area contributed by atoms with Gasteiger partial charge in [-0.05, 0) is 11.3 Å². The van der Waals surface area contributed by atoms with Gasteiger partial charge in [0.15, 0.2) is 11.5 Å². The van der Waals surface area contributed by atoms with Crippen molar-refractivity contribution in [2.24, 2.45) is 11.3 Å². The Kier molecular flexibility index (Phi) is 3.43. The molecule has 104 valence electrons. The Morgan fingerprint density at radius 2 is 1.95 bits per heavy atom. The fourth-order valence-corrected chi connectivity index (χ4v) is 2.44. The molecule has 0 aliphatic rings. The van der Waals surface area contributed by atoms with Crippen molar-refractivity contribution in [1.29, 1.82) is 0 Å². The average molecular weight is 265 g/mol. The molecule has 0 amide bonds. The zero-order valence-corrected chi connectivity index (χ0v) is 12.0. The number of hydrogen-bond donors (Lipinski definition) is 2. The van der Waals surface area contributed by atoms with Crippen LogP contribution in [0.5, 0.6) is 0 Å². The predicted molar refractivity (Wildman–Crippen MR) is 73.3 cm³/mol. The van der Waals surface area contributed by atoms with E-state index in [2.05, 4.69) is 59.9 Å². The number of hydrogen-bond acceptors (Lipinski definition) is 4. The average Bonchev–Trinajstić information content (AvgIpc) is 2.70. The van der Waals surface area contributed by atoms with E-state index < -0.39 is 6.08 Å². The molecule has 0 aliphatic carbocycles. The highest BCUT2D eigenvalue weighted by Crippen LogP contribution is 2.29. The number of rotatable bonds is 3. The minimum absolute atomic E-state index is 0.0297. The van der Waals surface area contributed by atoms with E-state index in [9.17, 15) is 4.39 Å². The lowest BCUT2D eigenvalue weighted by Gasteiger charge is -2.35. The lowest BCUT2D eigenvalue weighted by molar-refractivity contribution is 0.280. The van der Waals surface area contributed by atoms with Gasteiger partial charge in [-0.1, -0.05) is 34.6 Å². The van der Waals surface area contributed by atoms with Crippen LogP contribution in [0.1, 0.15) is 34.6 Å². The predicted octanol–water partition coefficient (Wildman–Crippen LogP) is 2.97. The molecule has 1 unspecified atom stereocenters. The van der Waals surface area contributed by atoms with E-state index in [0.717, 1.165) is 0 Å². The monoisotopic (exact) mass is 265 g/mol. The molecule has 2 aromatic heterocycles. The molecule has 0 aliphatic heterocycles. The van der Waals surface area contributed by atoms with E-state index in [4.69, 9.17) is 0 Å². The molecule has 0 spiro atoms. The molecule has 1 atom stereocenters. The topological polar surface area (TPSA) is 66.5 Å². The third kappa shape index (κ3) is 2.83. The summed E-state index contributed by atoms with van der Waals surface area (Å²) in [5, 5.41) is 3.33. The van der Waals surface area contributed by atoms with Crippen molar-refractivity contribution in [2.45, 2.75) is 40.7 Å². The van der Waals surface area contributed by atoms with Gasteiger partial charge in [-0.2, -0.15) is 14.4 Å². The molecule has 0 fully saturated rings. The van der Waals surface area contributed by atoms with Gasteiger partial charge in [0.25, 0.3) is 0 Å². The number of imidazole rings is 1. The normalized spacial score (nSPS) is 14.1. The zero-order valence-electron chi connectivity index (χ0n) is 12.0. The smallest absolute Gasteiger partial charge is 0.312 e. The lowest BCUT2D eigenvalue weighted by atomic mass is 9.80. The molecule has 2 N–H and O–H groups in total. The van der Waals surface area contributed by atoms with E-state index in [1.165, 1.54) is 6.33 Å². The van der Waals surface area contributed by atoms with E-state index in [1.54, 1.807) is 0 Å². The van der Waals surface area contributed by atoms with Gasteiger partial charge in [0.2, 0.25) is 0 Å². The highest BCUT2D eigenvalue weighted by molar-refractivity contribution is 5.82. The van der Waals surface area contributed by atoms with Crippen LogP contribution in [-0.2, 0) is 0 Å². The fraction of sp³-hybridized carbons (Fsp3) is 0.615. The van der Waals surface area contributed by atoms with Gasteiger partial charge in [0.1, 0.15) is 5.52 Å². The molecule has 0 bridgehead atoms. The van der Waals surface area contributed by atoms with Crippen LogP contribution < -0.4 is 5.32 Å². The Hall–Kier alpha value is -1.72. The molecule has 2 heterocycles. The second-order valence-corrected chi connectivity index (χ2v) is 6.17. The van der Waals surface area contributed by atoms with Crippen LogP contribution in [0.2, 0.25) is 0 Å². The molecular formula is C13H20FN5. The van der Waals surface area contributed by atoms with E-state index in [-0.39, 0.29) is 11.5 Å². The van der Waals surface area contributed by atoms with Crippen molar-refractivity contribution in [3.8, 4) is 0 Å². The Morgan fingerprint density at radius 1 is 1.26 bits per heavy atom. The Balaban J connectivity index is 2.41. The van der Waals surface area contributed by atoms with Gasteiger partial charge in [-0.3, -0.25) is 0 Å². The van der Waals surface area contributed by atoms with Gasteiger partial charge in [-0.25, -0.2) is 4.98 Å². The maximum atomic E-state index is 13.4. The first-order chi connectivity index (χ1) is 8.79. The van der Waals surface area contributed by atoms with Crippen molar-refractivity contribution < 1.29 is 4.39 Å². The number of aromatic nitrogens is 4. The summed E-state index contributed by atoms with van der Waals surface area (Å²) < 4.78 is 13.4. The lowest BCUT2D eigenvalue weighted by Crippen LogP contribution is -2.38. The minimum Gasteiger partial charge on any atom is -0.365 e.